The van der Waals surface area contributed by atoms with Gasteiger partial charge in [0.15, 0.2) is 0 Å². The molecule has 0 spiro atoms. The molecule has 0 unspecified atom stereocenters. The van der Waals surface area contributed by atoms with Crippen LogP contribution in [0.15, 0.2) is 67.3 Å². The van der Waals surface area contributed by atoms with Crippen LogP contribution in [0.5, 0.6) is 0 Å². The lowest BCUT2D eigenvalue weighted by molar-refractivity contribution is 0.0951. The van der Waals surface area contributed by atoms with Crippen molar-refractivity contribution in [3.63, 3.8) is 0 Å². The van der Waals surface area contributed by atoms with E-state index in [4.69, 9.17) is 0 Å². The van der Waals surface area contributed by atoms with Gasteiger partial charge in [0.05, 0.1) is 12.1 Å². The number of amides is 1. The van der Waals surface area contributed by atoms with Crippen molar-refractivity contribution in [3.8, 4) is 0 Å². The van der Waals surface area contributed by atoms with Crippen molar-refractivity contribution < 1.29 is 13.2 Å². The van der Waals surface area contributed by atoms with Gasteiger partial charge in [-0.15, -0.1) is 0 Å². The number of hydrogen-bond acceptors (Lipinski definition) is 4. The molecule has 3 rings (SSSR count). The van der Waals surface area contributed by atoms with Gasteiger partial charge in [0.1, 0.15) is 0 Å². The van der Waals surface area contributed by atoms with Gasteiger partial charge < -0.3 is 9.88 Å². The highest BCUT2D eigenvalue weighted by Gasteiger charge is 2.16. The van der Waals surface area contributed by atoms with Gasteiger partial charge in [0.25, 0.3) is 5.91 Å². The van der Waals surface area contributed by atoms with Crippen molar-refractivity contribution in [2.45, 2.75) is 38.7 Å². The SMILES string of the molecule is CC(C)NS(=O)(=O)Cc1ccccc1CNC(=O)c1ccc(Cn2ccnc2)cc1. The van der Waals surface area contributed by atoms with Gasteiger partial charge in [-0.2, -0.15) is 0 Å². The van der Waals surface area contributed by atoms with E-state index in [0.29, 0.717) is 17.7 Å². The fourth-order valence-corrected chi connectivity index (χ4v) is 4.60. The average molecular weight is 427 g/mol. The minimum absolute atomic E-state index is 0.125. The smallest absolute Gasteiger partial charge is 0.251 e. The number of rotatable bonds is 9. The molecule has 1 aromatic heterocycles. The monoisotopic (exact) mass is 426 g/mol. The number of hydrogen-bond donors (Lipinski definition) is 2. The summed E-state index contributed by atoms with van der Waals surface area (Å²) in [6.45, 7) is 4.51. The number of imidazole rings is 1. The van der Waals surface area contributed by atoms with Crippen molar-refractivity contribution in [1.29, 1.82) is 0 Å². The molecule has 3 aromatic rings. The molecule has 0 saturated heterocycles. The molecule has 2 aromatic carbocycles. The topological polar surface area (TPSA) is 93.1 Å². The van der Waals surface area contributed by atoms with Crippen LogP contribution >= 0.6 is 0 Å². The predicted molar refractivity (Wildman–Crippen MR) is 116 cm³/mol. The number of carbonyl (C=O) groups is 1. The van der Waals surface area contributed by atoms with E-state index in [2.05, 4.69) is 15.0 Å². The highest BCUT2D eigenvalue weighted by molar-refractivity contribution is 7.88. The largest absolute Gasteiger partial charge is 0.348 e. The van der Waals surface area contributed by atoms with Gasteiger partial charge in [-0.05, 0) is 42.7 Å². The second-order valence-electron chi connectivity index (χ2n) is 7.41. The predicted octanol–water partition coefficient (Wildman–Crippen LogP) is 2.69. The van der Waals surface area contributed by atoms with Gasteiger partial charge in [0, 0.05) is 37.1 Å². The lowest BCUT2D eigenvalue weighted by atomic mass is 10.1. The normalized spacial score (nSPS) is 11.6. The van der Waals surface area contributed by atoms with Gasteiger partial charge in [-0.25, -0.2) is 18.1 Å². The van der Waals surface area contributed by atoms with Crippen molar-refractivity contribution in [2.24, 2.45) is 0 Å². The number of nitrogens with one attached hydrogen (secondary N) is 2. The van der Waals surface area contributed by atoms with Gasteiger partial charge in [-0.1, -0.05) is 36.4 Å². The van der Waals surface area contributed by atoms with Crippen LogP contribution in [-0.4, -0.2) is 29.9 Å². The molecule has 0 aliphatic rings. The third-order valence-corrected chi connectivity index (χ3v) is 5.98. The molecule has 0 radical (unpaired) electrons. The van der Waals surface area contributed by atoms with Crippen molar-refractivity contribution in [2.75, 3.05) is 0 Å². The standard InChI is InChI=1S/C22H26N4O3S/c1-17(2)25-30(28,29)15-21-6-4-3-5-20(21)13-24-22(27)19-9-7-18(8-10-19)14-26-12-11-23-16-26/h3-12,16-17,25H,13-15H2,1-2H3,(H,24,27). The summed E-state index contributed by atoms with van der Waals surface area (Å²) in [5.74, 6) is -0.331. The van der Waals surface area contributed by atoms with E-state index in [1.807, 2.05) is 35.0 Å². The summed E-state index contributed by atoms with van der Waals surface area (Å²) in [5.41, 5.74) is 3.06. The van der Waals surface area contributed by atoms with E-state index in [-0.39, 0.29) is 24.2 Å². The summed E-state index contributed by atoms with van der Waals surface area (Å²) in [7, 11) is -3.44. The fourth-order valence-electron chi connectivity index (χ4n) is 3.11. The highest BCUT2D eigenvalue weighted by atomic mass is 32.2. The molecular formula is C22H26N4O3S. The molecule has 8 heteroatoms. The maximum atomic E-state index is 12.5. The van der Waals surface area contributed by atoms with E-state index in [1.54, 1.807) is 50.6 Å². The number of nitrogens with zero attached hydrogens (tertiary/aromatic N) is 2. The van der Waals surface area contributed by atoms with Crippen LogP contribution in [0.3, 0.4) is 0 Å². The summed E-state index contributed by atoms with van der Waals surface area (Å²) in [5, 5.41) is 2.88. The lowest BCUT2D eigenvalue weighted by Crippen LogP contribution is -2.31. The number of aromatic nitrogens is 2. The Hall–Kier alpha value is -2.97. The van der Waals surface area contributed by atoms with Gasteiger partial charge >= 0.3 is 0 Å². The molecule has 0 bridgehead atoms. The molecule has 0 aliphatic heterocycles. The average Bonchev–Trinajstić information content (AvgIpc) is 3.19. The summed E-state index contributed by atoms with van der Waals surface area (Å²) in [6.07, 6.45) is 5.35. The molecule has 1 amide bonds. The molecule has 158 valence electrons. The lowest BCUT2D eigenvalue weighted by Gasteiger charge is -2.13. The Balaban J connectivity index is 1.62. The minimum atomic E-state index is -3.44. The summed E-state index contributed by atoms with van der Waals surface area (Å²) < 4.78 is 29.1. The van der Waals surface area contributed by atoms with E-state index in [0.717, 1.165) is 11.1 Å². The van der Waals surface area contributed by atoms with Crippen LogP contribution in [0.2, 0.25) is 0 Å². The molecule has 0 fully saturated rings. The maximum Gasteiger partial charge on any atom is 0.251 e. The van der Waals surface area contributed by atoms with E-state index >= 15 is 0 Å². The molecule has 0 atom stereocenters. The Morgan fingerprint density at radius 2 is 1.77 bits per heavy atom. The molecular weight excluding hydrogens is 400 g/mol. The second-order valence-corrected chi connectivity index (χ2v) is 9.17. The van der Waals surface area contributed by atoms with Crippen LogP contribution < -0.4 is 10.0 Å². The minimum Gasteiger partial charge on any atom is -0.348 e. The summed E-state index contributed by atoms with van der Waals surface area (Å²) >= 11 is 0. The Morgan fingerprint density at radius 1 is 1.07 bits per heavy atom. The first kappa shape index (κ1) is 21.7. The fraction of sp³-hybridized carbons (Fsp3) is 0.273. The number of benzene rings is 2. The van der Waals surface area contributed by atoms with Crippen molar-refractivity contribution in [1.82, 2.24) is 19.6 Å². The first-order chi connectivity index (χ1) is 14.3. The molecule has 7 nitrogen and oxygen atoms in total. The van der Waals surface area contributed by atoms with Crippen LogP contribution in [-0.2, 0) is 28.9 Å². The van der Waals surface area contributed by atoms with Gasteiger partial charge in [0.2, 0.25) is 10.0 Å². The van der Waals surface area contributed by atoms with Gasteiger partial charge in [-0.3, -0.25) is 4.79 Å². The Morgan fingerprint density at radius 3 is 2.40 bits per heavy atom. The summed E-state index contributed by atoms with van der Waals surface area (Å²) in [6, 6.07) is 14.4. The first-order valence-corrected chi connectivity index (χ1v) is 11.4. The number of sulfonamides is 1. The Kier molecular flexibility index (Phi) is 7.02. The molecule has 0 saturated carbocycles. The van der Waals surface area contributed by atoms with E-state index in [1.165, 1.54) is 0 Å². The second kappa shape index (κ2) is 9.69. The quantitative estimate of drug-likeness (QED) is 0.550. The Labute approximate surface area is 177 Å². The first-order valence-electron chi connectivity index (χ1n) is 9.72. The maximum absolute atomic E-state index is 12.5. The number of carbonyl (C=O) groups excluding carboxylic acids is 1. The third-order valence-electron chi connectivity index (χ3n) is 4.46. The molecule has 30 heavy (non-hydrogen) atoms. The molecule has 2 N–H and O–H groups in total. The van der Waals surface area contributed by atoms with E-state index < -0.39 is 10.0 Å². The highest BCUT2D eigenvalue weighted by Crippen LogP contribution is 2.13. The summed E-state index contributed by atoms with van der Waals surface area (Å²) in [4.78, 5) is 16.5. The molecule has 0 aliphatic carbocycles. The van der Waals surface area contributed by atoms with Crippen LogP contribution in [0, 0.1) is 0 Å². The zero-order valence-corrected chi connectivity index (χ0v) is 17.9. The van der Waals surface area contributed by atoms with Crippen LogP contribution in [0.1, 0.15) is 40.9 Å². The van der Waals surface area contributed by atoms with Crippen molar-refractivity contribution >= 4 is 15.9 Å². The van der Waals surface area contributed by atoms with Crippen molar-refractivity contribution in [3.05, 3.63) is 89.5 Å². The third kappa shape index (κ3) is 6.27. The van der Waals surface area contributed by atoms with Crippen LogP contribution in [0.25, 0.3) is 0 Å². The zero-order valence-electron chi connectivity index (χ0n) is 17.1. The molecule has 1 heterocycles. The zero-order chi connectivity index (χ0) is 21.6. The Bertz CT molecular complexity index is 1080. The van der Waals surface area contributed by atoms with E-state index in [9.17, 15) is 13.2 Å². The van der Waals surface area contributed by atoms with Crippen LogP contribution in [0.4, 0.5) is 0 Å².